The minimum atomic E-state index is -0.947. The molecule has 0 N–H and O–H groups in total. The molecule has 0 saturated heterocycles. The van der Waals surface area contributed by atoms with Crippen molar-refractivity contribution in [1.82, 2.24) is 0 Å². The number of hydrogen-bond donors (Lipinski definition) is 0. The largest absolute Gasteiger partial charge is 0.455 e. The number of carbonyl (C=O) groups is 2. The lowest BCUT2D eigenvalue weighted by Gasteiger charge is -2.38. The van der Waals surface area contributed by atoms with Crippen molar-refractivity contribution < 1.29 is 19.1 Å². The van der Waals surface area contributed by atoms with E-state index in [9.17, 15) is 9.59 Å². The Morgan fingerprint density at radius 1 is 0.800 bits per heavy atom. The van der Waals surface area contributed by atoms with E-state index in [0.29, 0.717) is 11.1 Å². The molecule has 0 spiro atoms. The Labute approximate surface area is 148 Å². The average molecular weight is 340 g/mol. The van der Waals surface area contributed by atoms with Gasteiger partial charge in [0, 0.05) is 0 Å². The molecule has 4 nitrogen and oxygen atoms in total. The summed E-state index contributed by atoms with van der Waals surface area (Å²) in [5.74, 6) is -0.908. The Balaban J connectivity index is 2.15. The van der Waals surface area contributed by atoms with Gasteiger partial charge in [-0.1, -0.05) is 50.2 Å². The molecule has 0 amide bonds. The number of rotatable bonds is 6. The first-order chi connectivity index (χ1) is 11.8. The van der Waals surface area contributed by atoms with E-state index in [0.717, 1.165) is 0 Å². The van der Waals surface area contributed by atoms with Crippen molar-refractivity contribution in [2.24, 2.45) is 5.92 Å². The Kier molecular flexibility index (Phi) is 5.97. The zero-order chi connectivity index (χ0) is 18.4. The highest BCUT2D eigenvalue weighted by atomic mass is 16.6. The minimum Gasteiger partial charge on any atom is -0.455 e. The van der Waals surface area contributed by atoms with E-state index >= 15 is 0 Å². The standard InChI is InChI=1S/C21H24O4/c1-15(2)21(4,25-20(23)18-13-9-6-10-14-18)16(3)24-19(22)17-11-7-5-8-12-17/h5-16H,1-4H3. The maximum absolute atomic E-state index is 12.5. The van der Waals surface area contributed by atoms with Crippen molar-refractivity contribution in [3.8, 4) is 0 Å². The number of carbonyl (C=O) groups excluding carboxylic acids is 2. The summed E-state index contributed by atoms with van der Waals surface area (Å²) >= 11 is 0. The predicted molar refractivity (Wildman–Crippen MR) is 96.4 cm³/mol. The van der Waals surface area contributed by atoms with Crippen LogP contribution in [0.1, 0.15) is 48.4 Å². The van der Waals surface area contributed by atoms with Gasteiger partial charge in [-0.2, -0.15) is 0 Å². The molecular formula is C21H24O4. The Hall–Kier alpha value is -2.62. The van der Waals surface area contributed by atoms with E-state index in [2.05, 4.69) is 0 Å². The van der Waals surface area contributed by atoms with Gasteiger partial charge in [0.05, 0.1) is 11.1 Å². The van der Waals surface area contributed by atoms with E-state index < -0.39 is 23.6 Å². The average Bonchev–Trinajstić information content (AvgIpc) is 2.62. The molecule has 0 fully saturated rings. The quantitative estimate of drug-likeness (QED) is 0.726. The van der Waals surface area contributed by atoms with Gasteiger partial charge in [0.2, 0.25) is 0 Å². The van der Waals surface area contributed by atoms with Crippen molar-refractivity contribution in [3.05, 3.63) is 71.8 Å². The molecule has 0 saturated carbocycles. The smallest absolute Gasteiger partial charge is 0.338 e. The molecule has 4 heteroatoms. The maximum Gasteiger partial charge on any atom is 0.338 e. The molecule has 0 aliphatic carbocycles. The minimum absolute atomic E-state index is 0.0428. The predicted octanol–water partition coefficient (Wildman–Crippen LogP) is 4.50. The lowest BCUT2D eigenvalue weighted by atomic mass is 9.87. The molecule has 2 aromatic carbocycles. The Morgan fingerprint density at radius 3 is 1.68 bits per heavy atom. The first-order valence-corrected chi connectivity index (χ1v) is 8.39. The summed E-state index contributed by atoms with van der Waals surface area (Å²) in [5, 5.41) is 0. The van der Waals surface area contributed by atoms with Crippen LogP contribution >= 0.6 is 0 Å². The van der Waals surface area contributed by atoms with Crippen molar-refractivity contribution in [2.75, 3.05) is 0 Å². The number of hydrogen-bond acceptors (Lipinski definition) is 4. The lowest BCUT2D eigenvalue weighted by molar-refractivity contribution is -0.104. The van der Waals surface area contributed by atoms with E-state index in [1.807, 2.05) is 26.0 Å². The molecule has 2 rings (SSSR count). The highest BCUT2D eigenvalue weighted by Gasteiger charge is 2.41. The van der Waals surface area contributed by atoms with Crippen molar-refractivity contribution in [1.29, 1.82) is 0 Å². The Morgan fingerprint density at radius 2 is 1.24 bits per heavy atom. The highest BCUT2D eigenvalue weighted by Crippen LogP contribution is 2.29. The van der Waals surface area contributed by atoms with Crippen molar-refractivity contribution in [2.45, 2.75) is 39.4 Å². The van der Waals surface area contributed by atoms with E-state index in [1.54, 1.807) is 62.4 Å². The molecule has 0 heterocycles. The SMILES string of the molecule is CC(C)C(C)(OC(=O)c1ccccc1)C(C)OC(=O)c1ccccc1. The maximum atomic E-state index is 12.5. The van der Waals surface area contributed by atoms with Crippen LogP contribution in [0.4, 0.5) is 0 Å². The van der Waals surface area contributed by atoms with Crippen LogP contribution in [0.25, 0.3) is 0 Å². The second kappa shape index (κ2) is 7.97. The summed E-state index contributed by atoms with van der Waals surface area (Å²) in [7, 11) is 0. The third-order valence-corrected chi connectivity index (χ3v) is 4.57. The van der Waals surface area contributed by atoms with E-state index in [1.165, 1.54) is 0 Å². The summed E-state index contributed by atoms with van der Waals surface area (Å²) in [6.45, 7) is 7.41. The highest BCUT2D eigenvalue weighted by molar-refractivity contribution is 5.90. The topological polar surface area (TPSA) is 52.6 Å². The second-order valence-electron chi connectivity index (χ2n) is 6.51. The summed E-state index contributed by atoms with van der Waals surface area (Å²) in [5.41, 5.74) is -0.0111. The van der Waals surface area contributed by atoms with Gasteiger partial charge < -0.3 is 9.47 Å². The van der Waals surface area contributed by atoms with Crippen LogP contribution in [0.2, 0.25) is 0 Å². The fourth-order valence-corrected chi connectivity index (χ4v) is 2.42. The number of benzene rings is 2. The molecule has 25 heavy (non-hydrogen) atoms. The van der Waals surface area contributed by atoms with Crippen LogP contribution < -0.4 is 0 Å². The van der Waals surface area contributed by atoms with Crippen LogP contribution in [-0.2, 0) is 9.47 Å². The molecule has 132 valence electrons. The third-order valence-electron chi connectivity index (χ3n) is 4.57. The van der Waals surface area contributed by atoms with Gasteiger partial charge in [0.1, 0.15) is 11.7 Å². The van der Waals surface area contributed by atoms with Gasteiger partial charge >= 0.3 is 11.9 Å². The number of esters is 2. The van der Waals surface area contributed by atoms with Crippen LogP contribution in [0, 0.1) is 5.92 Å². The van der Waals surface area contributed by atoms with Crippen LogP contribution in [-0.4, -0.2) is 23.6 Å². The summed E-state index contributed by atoms with van der Waals surface area (Å²) in [6.07, 6.45) is -0.604. The molecule has 2 unspecified atom stereocenters. The van der Waals surface area contributed by atoms with Crippen molar-refractivity contribution >= 4 is 11.9 Å². The molecule has 0 aliphatic heterocycles. The van der Waals surface area contributed by atoms with Gasteiger partial charge in [-0.3, -0.25) is 0 Å². The van der Waals surface area contributed by atoms with Crippen LogP contribution in [0.3, 0.4) is 0 Å². The third kappa shape index (κ3) is 4.47. The fraction of sp³-hybridized carbons (Fsp3) is 0.333. The first kappa shape index (κ1) is 18.7. The van der Waals surface area contributed by atoms with Crippen LogP contribution in [0.5, 0.6) is 0 Å². The molecule has 0 bridgehead atoms. The summed E-state index contributed by atoms with van der Waals surface area (Å²) < 4.78 is 11.4. The van der Waals surface area contributed by atoms with Gasteiger partial charge in [-0.15, -0.1) is 0 Å². The van der Waals surface area contributed by atoms with E-state index in [4.69, 9.17) is 9.47 Å². The lowest BCUT2D eigenvalue weighted by Crippen LogP contribution is -2.48. The van der Waals surface area contributed by atoms with E-state index in [-0.39, 0.29) is 5.92 Å². The molecule has 2 atom stereocenters. The van der Waals surface area contributed by atoms with Crippen LogP contribution in [0.15, 0.2) is 60.7 Å². The summed E-state index contributed by atoms with van der Waals surface area (Å²) in [6, 6.07) is 17.6. The zero-order valence-corrected chi connectivity index (χ0v) is 15.1. The van der Waals surface area contributed by atoms with Gasteiger partial charge in [0.25, 0.3) is 0 Å². The Bertz CT molecular complexity index is 709. The van der Waals surface area contributed by atoms with Gasteiger partial charge in [-0.05, 0) is 44.0 Å². The second-order valence-corrected chi connectivity index (χ2v) is 6.51. The number of ether oxygens (including phenoxy) is 2. The molecule has 0 aromatic heterocycles. The van der Waals surface area contributed by atoms with Gasteiger partial charge in [-0.25, -0.2) is 9.59 Å². The van der Waals surface area contributed by atoms with Gasteiger partial charge in [0.15, 0.2) is 0 Å². The summed E-state index contributed by atoms with van der Waals surface area (Å²) in [4.78, 5) is 24.8. The normalized spacial score (nSPS) is 14.4. The molecule has 0 aliphatic rings. The zero-order valence-electron chi connectivity index (χ0n) is 15.1. The van der Waals surface area contributed by atoms with Crippen molar-refractivity contribution in [3.63, 3.8) is 0 Å². The molecular weight excluding hydrogens is 316 g/mol. The monoisotopic (exact) mass is 340 g/mol. The fourth-order valence-electron chi connectivity index (χ4n) is 2.42. The molecule has 2 aromatic rings. The molecule has 0 radical (unpaired) electrons. The first-order valence-electron chi connectivity index (χ1n) is 8.39.